The summed E-state index contributed by atoms with van der Waals surface area (Å²) in [6.45, 7) is 0.555. The van der Waals surface area contributed by atoms with Crippen LogP contribution in [-0.2, 0) is 12.3 Å². The van der Waals surface area contributed by atoms with Gasteiger partial charge in [0.15, 0.2) is 22.5 Å². The third kappa shape index (κ3) is 5.32. The smallest absolute Gasteiger partial charge is 0.251 e. The molecular weight excluding hydrogens is 517 g/mol. The third-order valence-corrected chi connectivity index (χ3v) is 7.12. The van der Waals surface area contributed by atoms with Gasteiger partial charge in [-0.3, -0.25) is 14.3 Å². The molecule has 0 unspecified atom stereocenters. The predicted octanol–water partition coefficient (Wildman–Crippen LogP) is 5.42. The van der Waals surface area contributed by atoms with Crippen molar-refractivity contribution in [3.05, 3.63) is 114 Å². The molecule has 1 amide bonds. The molecular formula is C29H22FN5O3S. The maximum atomic E-state index is 13.7. The van der Waals surface area contributed by atoms with Crippen molar-refractivity contribution in [2.24, 2.45) is 0 Å². The number of aromatic nitrogens is 4. The Balaban J connectivity index is 1.22. The second-order valence-corrected chi connectivity index (χ2v) is 9.62. The van der Waals surface area contributed by atoms with Crippen molar-refractivity contribution in [2.75, 3.05) is 6.79 Å². The number of pyridine rings is 1. The highest BCUT2D eigenvalue weighted by atomic mass is 32.2. The van der Waals surface area contributed by atoms with Crippen LogP contribution in [0.3, 0.4) is 0 Å². The van der Waals surface area contributed by atoms with E-state index < -0.39 is 0 Å². The van der Waals surface area contributed by atoms with E-state index in [0.29, 0.717) is 40.3 Å². The van der Waals surface area contributed by atoms with E-state index >= 15 is 0 Å². The average molecular weight is 540 g/mol. The second-order valence-electron chi connectivity index (χ2n) is 8.68. The quantitative estimate of drug-likeness (QED) is 0.263. The first kappa shape index (κ1) is 24.6. The van der Waals surface area contributed by atoms with Gasteiger partial charge in [-0.05, 0) is 65.7 Å². The van der Waals surface area contributed by atoms with Gasteiger partial charge in [-0.25, -0.2) is 4.39 Å². The highest BCUT2D eigenvalue weighted by Gasteiger charge is 2.19. The van der Waals surface area contributed by atoms with Crippen LogP contribution >= 0.6 is 11.8 Å². The van der Waals surface area contributed by atoms with Gasteiger partial charge in [0.05, 0.1) is 0 Å². The highest BCUT2D eigenvalue weighted by molar-refractivity contribution is 7.98. The summed E-state index contributed by atoms with van der Waals surface area (Å²) in [5.74, 6) is 1.93. The van der Waals surface area contributed by atoms with Gasteiger partial charge < -0.3 is 14.8 Å². The number of thioether (sulfide) groups is 1. The van der Waals surface area contributed by atoms with Crippen LogP contribution in [0.15, 0.2) is 96.4 Å². The number of fused-ring (bicyclic) bond motifs is 1. The Hall–Kier alpha value is -4.70. The van der Waals surface area contributed by atoms with Crippen LogP contribution in [0.5, 0.6) is 11.5 Å². The van der Waals surface area contributed by atoms with E-state index in [2.05, 4.69) is 20.5 Å². The van der Waals surface area contributed by atoms with Gasteiger partial charge in [0, 0.05) is 41.5 Å². The van der Waals surface area contributed by atoms with E-state index in [0.717, 1.165) is 22.4 Å². The Kier molecular flexibility index (Phi) is 6.92. The van der Waals surface area contributed by atoms with Gasteiger partial charge in [0.2, 0.25) is 6.79 Å². The number of nitrogens with zero attached hydrogens (tertiary/aromatic N) is 4. The van der Waals surface area contributed by atoms with Crippen molar-refractivity contribution >= 4 is 17.7 Å². The van der Waals surface area contributed by atoms with Crippen LogP contribution in [0.25, 0.3) is 17.1 Å². The molecule has 0 radical (unpaired) electrons. The summed E-state index contributed by atoms with van der Waals surface area (Å²) in [6.07, 6.45) is 3.39. The molecule has 0 aliphatic carbocycles. The number of carbonyl (C=O) groups excluding carboxylic acids is 1. The molecule has 1 N–H and O–H groups in total. The molecule has 5 aromatic rings. The number of hydrogen-bond acceptors (Lipinski definition) is 7. The van der Waals surface area contributed by atoms with Crippen molar-refractivity contribution in [2.45, 2.75) is 17.5 Å². The van der Waals surface area contributed by atoms with Crippen molar-refractivity contribution in [3.63, 3.8) is 0 Å². The molecule has 8 nitrogen and oxygen atoms in total. The summed E-state index contributed by atoms with van der Waals surface area (Å²) in [6, 6.07) is 22.9. The van der Waals surface area contributed by atoms with Gasteiger partial charge >= 0.3 is 0 Å². The normalized spacial score (nSPS) is 11.9. The molecule has 0 saturated heterocycles. The largest absolute Gasteiger partial charge is 0.454 e. The van der Waals surface area contributed by atoms with Crippen molar-refractivity contribution < 1.29 is 18.7 Å². The SMILES string of the molecule is O=C(NCc1ccc2c(c1)OCO2)c1ccccc1CSc1nnc(-c2cccnc2)n1-c1ccc(F)cc1. The van der Waals surface area contributed by atoms with Crippen molar-refractivity contribution in [3.8, 4) is 28.6 Å². The van der Waals surface area contributed by atoms with E-state index in [1.807, 2.05) is 53.1 Å². The van der Waals surface area contributed by atoms with Gasteiger partial charge in [-0.1, -0.05) is 36.0 Å². The fourth-order valence-corrected chi connectivity index (χ4v) is 5.16. The van der Waals surface area contributed by atoms with Crippen molar-refractivity contribution in [1.29, 1.82) is 0 Å². The monoisotopic (exact) mass is 539 g/mol. The molecule has 39 heavy (non-hydrogen) atoms. The minimum atomic E-state index is -0.329. The number of hydrogen-bond donors (Lipinski definition) is 1. The molecule has 2 aromatic heterocycles. The topological polar surface area (TPSA) is 91.2 Å². The van der Waals surface area contributed by atoms with E-state index in [1.165, 1.54) is 23.9 Å². The van der Waals surface area contributed by atoms with Crippen LogP contribution in [0.1, 0.15) is 21.5 Å². The van der Waals surface area contributed by atoms with Crippen LogP contribution in [0, 0.1) is 5.82 Å². The van der Waals surface area contributed by atoms with Crippen LogP contribution in [0.4, 0.5) is 4.39 Å². The average Bonchev–Trinajstić information content (AvgIpc) is 3.63. The number of rotatable bonds is 8. The third-order valence-electron chi connectivity index (χ3n) is 6.15. The van der Waals surface area contributed by atoms with Gasteiger partial charge in [-0.15, -0.1) is 10.2 Å². The van der Waals surface area contributed by atoms with Gasteiger partial charge in [0.1, 0.15) is 5.82 Å². The number of nitrogens with one attached hydrogen (secondary N) is 1. The lowest BCUT2D eigenvalue weighted by molar-refractivity contribution is 0.0950. The Labute approximate surface area is 227 Å². The summed E-state index contributed by atoms with van der Waals surface area (Å²) in [5.41, 5.74) is 3.84. The van der Waals surface area contributed by atoms with E-state index in [4.69, 9.17) is 9.47 Å². The Morgan fingerprint density at radius 3 is 2.67 bits per heavy atom. The van der Waals surface area contributed by atoms with Crippen LogP contribution < -0.4 is 14.8 Å². The molecule has 1 aliphatic heterocycles. The first-order valence-electron chi connectivity index (χ1n) is 12.1. The minimum absolute atomic E-state index is 0.181. The van der Waals surface area contributed by atoms with Gasteiger partial charge in [0.25, 0.3) is 5.91 Å². The van der Waals surface area contributed by atoms with Crippen molar-refractivity contribution in [1.82, 2.24) is 25.1 Å². The summed E-state index contributed by atoms with van der Waals surface area (Å²) >= 11 is 1.44. The first-order valence-corrected chi connectivity index (χ1v) is 13.1. The lowest BCUT2D eigenvalue weighted by Crippen LogP contribution is -2.23. The van der Waals surface area contributed by atoms with Crippen LogP contribution in [-0.4, -0.2) is 32.4 Å². The predicted molar refractivity (Wildman–Crippen MR) is 144 cm³/mol. The maximum Gasteiger partial charge on any atom is 0.251 e. The highest BCUT2D eigenvalue weighted by Crippen LogP contribution is 2.33. The number of carbonyl (C=O) groups is 1. The van der Waals surface area contributed by atoms with E-state index in [1.54, 1.807) is 30.6 Å². The van der Waals surface area contributed by atoms with E-state index in [-0.39, 0.29) is 18.5 Å². The minimum Gasteiger partial charge on any atom is -0.454 e. The first-order chi connectivity index (χ1) is 19.2. The van der Waals surface area contributed by atoms with Crippen LogP contribution in [0.2, 0.25) is 0 Å². The molecule has 0 saturated carbocycles. The molecule has 194 valence electrons. The summed E-state index contributed by atoms with van der Waals surface area (Å²) in [7, 11) is 0. The fraction of sp³-hybridized carbons (Fsp3) is 0.103. The summed E-state index contributed by atoms with van der Waals surface area (Å²) < 4.78 is 26.3. The summed E-state index contributed by atoms with van der Waals surface area (Å²) in [4.78, 5) is 17.3. The molecule has 0 spiro atoms. The van der Waals surface area contributed by atoms with Gasteiger partial charge in [-0.2, -0.15) is 0 Å². The number of amides is 1. The summed E-state index contributed by atoms with van der Waals surface area (Å²) in [5, 5.41) is 12.4. The lowest BCUT2D eigenvalue weighted by Gasteiger charge is -2.12. The fourth-order valence-electron chi connectivity index (χ4n) is 4.21. The molecule has 6 rings (SSSR count). The Bertz CT molecular complexity index is 1630. The molecule has 0 atom stereocenters. The molecule has 3 aromatic carbocycles. The molecule has 0 bridgehead atoms. The zero-order valence-electron chi connectivity index (χ0n) is 20.6. The maximum absolute atomic E-state index is 13.7. The Morgan fingerprint density at radius 1 is 0.974 bits per heavy atom. The Morgan fingerprint density at radius 2 is 1.82 bits per heavy atom. The standard InChI is InChI=1S/C29H22FN5O3S/c30-22-8-10-23(11-9-22)35-27(20-5-3-13-31-16-20)33-34-29(35)39-17-21-4-1-2-6-24(21)28(36)32-15-19-7-12-25-26(14-19)38-18-37-25/h1-14,16H,15,17-18H2,(H,32,36). The molecule has 0 fully saturated rings. The lowest BCUT2D eigenvalue weighted by atomic mass is 10.1. The zero-order valence-corrected chi connectivity index (χ0v) is 21.4. The number of halogens is 1. The number of ether oxygens (including phenoxy) is 2. The molecule has 10 heteroatoms. The number of benzene rings is 3. The molecule has 3 heterocycles. The zero-order chi connectivity index (χ0) is 26.6. The molecule has 1 aliphatic rings. The van der Waals surface area contributed by atoms with E-state index in [9.17, 15) is 9.18 Å². The second kappa shape index (κ2) is 11.0.